The molecule has 1 aliphatic rings. The molecule has 0 aliphatic carbocycles. The van der Waals surface area contributed by atoms with Crippen molar-refractivity contribution in [1.29, 1.82) is 0 Å². The molecular weight excluding hydrogens is 410 g/mol. The Morgan fingerprint density at radius 1 is 0.882 bits per heavy atom. The summed E-state index contributed by atoms with van der Waals surface area (Å²) < 4.78 is 0. The van der Waals surface area contributed by atoms with E-state index in [9.17, 15) is 0 Å². The Labute approximate surface area is 206 Å². The minimum atomic E-state index is -0.0102. The average molecular weight is 450 g/mol. The summed E-state index contributed by atoms with van der Waals surface area (Å²) in [4.78, 5) is 0. The van der Waals surface area contributed by atoms with Crippen LogP contribution in [-0.4, -0.2) is 6.04 Å². The predicted octanol–water partition coefficient (Wildman–Crippen LogP) is 8.17. The van der Waals surface area contributed by atoms with Crippen molar-refractivity contribution in [1.82, 2.24) is 5.32 Å². The van der Waals surface area contributed by atoms with Crippen molar-refractivity contribution < 1.29 is 0 Å². The van der Waals surface area contributed by atoms with Gasteiger partial charge in [-0.15, -0.1) is 0 Å². The van der Waals surface area contributed by atoms with E-state index in [4.69, 9.17) is 0 Å². The van der Waals surface area contributed by atoms with Crippen LogP contribution in [0, 0.1) is 6.92 Å². The fraction of sp³-hybridized carbons (Fsp3) is 0.333. The van der Waals surface area contributed by atoms with Crippen LogP contribution in [0.1, 0.15) is 73.4 Å². The highest BCUT2D eigenvalue weighted by Gasteiger charge is 2.30. The largest absolute Gasteiger partial charge is 0.388 e. The molecule has 0 amide bonds. The quantitative estimate of drug-likeness (QED) is 0.416. The Morgan fingerprint density at radius 3 is 2.26 bits per heavy atom. The minimum absolute atomic E-state index is 0.0102. The van der Waals surface area contributed by atoms with Gasteiger partial charge in [-0.3, -0.25) is 0 Å². The fourth-order valence-electron chi connectivity index (χ4n) is 5.41. The van der Waals surface area contributed by atoms with Gasteiger partial charge in [-0.25, -0.2) is 0 Å². The molecule has 0 saturated heterocycles. The third-order valence-electron chi connectivity index (χ3n) is 7.66. The highest BCUT2D eigenvalue weighted by molar-refractivity contribution is 5.76. The second-order valence-corrected chi connectivity index (χ2v) is 9.97. The molecular formula is C33H39N. The van der Waals surface area contributed by atoms with Gasteiger partial charge in [0.05, 0.1) is 0 Å². The zero-order valence-corrected chi connectivity index (χ0v) is 21.3. The van der Waals surface area contributed by atoms with Gasteiger partial charge < -0.3 is 5.32 Å². The maximum absolute atomic E-state index is 3.62. The predicted molar refractivity (Wildman–Crippen MR) is 147 cm³/mol. The first-order chi connectivity index (χ1) is 16.5. The maximum atomic E-state index is 3.62. The number of nitrogens with one attached hydrogen (secondary N) is 1. The van der Waals surface area contributed by atoms with Gasteiger partial charge in [0.2, 0.25) is 0 Å². The van der Waals surface area contributed by atoms with Crippen molar-refractivity contribution in [3.05, 3.63) is 125 Å². The van der Waals surface area contributed by atoms with Gasteiger partial charge in [-0.05, 0) is 97.2 Å². The van der Waals surface area contributed by atoms with Crippen molar-refractivity contribution in [3.8, 4) is 0 Å². The summed E-state index contributed by atoms with van der Waals surface area (Å²) in [5, 5.41) is 3.62. The second kappa shape index (κ2) is 10.9. The standard InChI is InChI=1S/C33H39N/c1-5-33(4)31-19-10-7-15-28(31)17-12-14-26(3)34-24-23-27(30-18-9-6-13-25(30)2)21-22-29-16-8-11-20-32(29)33/h6-11,13,15-16,18-21,23-24,26,34H,5,12,14,17,22H2,1-4H3/b24-23-,27-21+. The molecule has 0 aromatic heterocycles. The molecule has 34 heavy (non-hydrogen) atoms. The Morgan fingerprint density at radius 2 is 1.53 bits per heavy atom. The number of benzene rings is 3. The first kappa shape index (κ1) is 24.1. The Hall–Kier alpha value is -3.06. The van der Waals surface area contributed by atoms with Crippen LogP contribution in [0.2, 0.25) is 0 Å². The van der Waals surface area contributed by atoms with Crippen LogP contribution in [-0.2, 0) is 18.3 Å². The van der Waals surface area contributed by atoms with Crippen molar-refractivity contribution in [3.63, 3.8) is 0 Å². The van der Waals surface area contributed by atoms with Gasteiger partial charge in [0.15, 0.2) is 0 Å². The lowest BCUT2D eigenvalue weighted by Gasteiger charge is -2.34. The first-order valence-corrected chi connectivity index (χ1v) is 12.9. The second-order valence-electron chi connectivity index (χ2n) is 9.97. The number of aryl methyl sites for hydroxylation is 2. The third-order valence-corrected chi connectivity index (χ3v) is 7.66. The van der Waals surface area contributed by atoms with Crippen molar-refractivity contribution in [2.45, 2.75) is 71.3 Å². The number of fused-ring (bicyclic) bond motifs is 2. The van der Waals surface area contributed by atoms with Gasteiger partial charge in [0.25, 0.3) is 0 Å². The molecule has 0 radical (unpaired) electrons. The van der Waals surface area contributed by atoms with Crippen molar-refractivity contribution >= 4 is 5.57 Å². The molecule has 1 heteroatoms. The number of hydrogen-bond acceptors (Lipinski definition) is 1. The zero-order chi connectivity index (χ0) is 24.0. The minimum Gasteiger partial charge on any atom is -0.388 e. The molecule has 2 atom stereocenters. The molecule has 2 unspecified atom stereocenters. The summed E-state index contributed by atoms with van der Waals surface area (Å²) in [5.41, 5.74) is 9.73. The smallest absolute Gasteiger partial charge is 0.0227 e. The summed E-state index contributed by atoms with van der Waals surface area (Å²) in [5.74, 6) is 0. The van der Waals surface area contributed by atoms with Crippen LogP contribution < -0.4 is 5.32 Å². The molecule has 1 N–H and O–H groups in total. The van der Waals surface area contributed by atoms with E-state index >= 15 is 0 Å². The van der Waals surface area contributed by atoms with Gasteiger partial charge in [0.1, 0.15) is 0 Å². The van der Waals surface area contributed by atoms with E-state index in [-0.39, 0.29) is 5.41 Å². The van der Waals surface area contributed by atoms with Gasteiger partial charge in [-0.1, -0.05) is 92.7 Å². The highest BCUT2D eigenvalue weighted by Crippen LogP contribution is 2.39. The molecule has 0 spiro atoms. The van der Waals surface area contributed by atoms with Gasteiger partial charge in [0, 0.05) is 11.5 Å². The molecule has 3 aromatic rings. The molecule has 3 aromatic carbocycles. The van der Waals surface area contributed by atoms with Crippen LogP contribution in [0.4, 0.5) is 0 Å². The average Bonchev–Trinajstić information content (AvgIpc) is 2.86. The molecule has 176 valence electrons. The number of allylic oxidation sites excluding steroid dienone is 3. The lowest BCUT2D eigenvalue weighted by atomic mass is 9.70. The lowest BCUT2D eigenvalue weighted by Crippen LogP contribution is -2.26. The Kier molecular flexibility index (Phi) is 7.73. The summed E-state index contributed by atoms with van der Waals surface area (Å²) in [7, 11) is 0. The molecule has 0 bridgehead atoms. The van der Waals surface area contributed by atoms with E-state index in [1.54, 1.807) is 0 Å². The van der Waals surface area contributed by atoms with E-state index in [0.717, 1.165) is 25.7 Å². The monoisotopic (exact) mass is 449 g/mol. The summed E-state index contributed by atoms with van der Waals surface area (Å²) in [6, 6.07) is 27.4. The topological polar surface area (TPSA) is 12.0 Å². The summed E-state index contributed by atoms with van der Waals surface area (Å²) in [6.45, 7) is 9.27. The van der Waals surface area contributed by atoms with E-state index in [1.807, 2.05) is 0 Å². The maximum Gasteiger partial charge on any atom is 0.0227 e. The molecule has 1 heterocycles. The molecule has 1 nitrogen and oxygen atoms in total. The molecule has 1 aliphatic heterocycles. The third kappa shape index (κ3) is 5.20. The van der Waals surface area contributed by atoms with E-state index in [0.29, 0.717) is 6.04 Å². The highest BCUT2D eigenvalue weighted by atomic mass is 14.9. The van der Waals surface area contributed by atoms with Crippen LogP contribution in [0.3, 0.4) is 0 Å². The Bertz CT molecular complexity index is 1170. The molecule has 0 saturated carbocycles. The molecule has 0 fully saturated rings. The Balaban J connectivity index is 1.85. The van der Waals surface area contributed by atoms with Crippen LogP contribution >= 0.6 is 0 Å². The van der Waals surface area contributed by atoms with E-state index < -0.39 is 0 Å². The van der Waals surface area contributed by atoms with Gasteiger partial charge >= 0.3 is 0 Å². The number of rotatable bonds is 2. The SMILES string of the molecule is CCC1(C)c2ccccc2C/C=C(c2ccccc2C)\C=C/NC(C)CCCc2ccccc21. The van der Waals surface area contributed by atoms with E-state index in [1.165, 1.54) is 45.4 Å². The summed E-state index contributed by atoms with van der Waals surface area (Å²) in [6.07, 6.45) is 12.3. The lowest BCUT2D eigenvalue weighted by molar-refractivity contribution is 0.529. The van der Waals surface area contributed by atoms with Crippen molar-refractivity contribution in [2.24, 2.45) is 0 Å². The van der Waals surface area contributed by atoms with Crippen LogP contribution in [0.5, 0.6) is 0 Å². The van der Waals surface area contributed by atoms with E-state index in [2.05, 4.69) is 124 Å². The number of hydrogen-bond donors (Lipinski definition) is 1. The summed E-state index contributed by atoms with van der Waals surface area (Å²) >= 11 is 0. The van der Waals surface area contributed by atoms with Crippen molar-refractivity contribution in [2.75, 3.05) is 0 Å². The van der Waals surface area contributed by atoms with Gasteiger partial charge in [-0.2, -0.15) is 0 Å². The normalized spacial score (nSPS) is 23.8. The zero-order valence-electron chi connectivity index (χ0n) is 21.3. The van der Waals surface area contributed by atoms with Crippen LogP contribution in [0.25, 0.3) is 5.57 Å². The fourth-order valence-corrected chi connectivity index (χ4v) is 5.41. The first-order valence-electron chi connectivity index (χ1n) is 12.9. The van der Waals surface area contributed by atoms with Crippen LogP contribution in [0.15, 0.2) is 91.1 Å². The molecule has 4 rings (SSSR count).